The molecule has 1 saturated carbocycles. The zero-order chi connectivity index (χ0) is 13.0. The van der Waals surface area contributed by atoms with Gasteiger partial charge in [-0.05, 0) is 32.0 Å². The van der Waals surface area contributed by atoms with Gasteiger partial charge in [-0.1, -0.05) is 0 Å². The summed E-state index contributed by atoms with van der Waals surface area (Å²) in [6, 6.07) is 3.90. The second-order valence-electron chi connectivity index (χ2n) is 4.42. The zero-order valence-corrected chi connectivity index (χ0v) is 10.4. The molecule has 7 nitrogen and oxygen atoms in total. The number of nitrogen functional groups attached to an aromatic ring is 1. The number of nitrogens with one attached hydrogen (secondary N) is 2. The van der Waals surface area contributed by atoms with Crippen LogP contribution in [-0.4, -0.2) is 47.2 Å². The molecule has 0 aliphatic heterocycles. The van der Waals surface area contributed by atoms with Crippen LogP contribution in [0.1, 0.15) is 23.3 Å². The van der Waals surface area contributed by atoms with Crippen molar-refractivity contribution in [1.82, 2.24) is 20.4 Å². The van der Waals surface area contributed by atoms with E-state index < -0.39 is 0 Å². The van der Waals surface area contributed by atoms with E-state index >= 15 is 0 Å². The summed E-state index contributed by atoms with van der Waals surface area (Å²) in [5, 5.41) is 10.3. The third kappa shape index (κ3) is 3.38. The summed E-state index contributed by atoms with van der Waals surface area (Å²) in [6.45, 7) is 1.47. The number of likely N-dealkylation sites (N-methyl/N-ethyl adjacent to an activating group) is 1. The second-order valence-corrected chi connectivity index (χ2v) is 4.42. The number of carbonyl (C=O) groups is 1. The molecule has 0 radical (unpaired) electrons. The summed E-state index contributed by atoms with van der Waals surface area (Å²) in [5.41, 5.74) is 2.65. The molecule has 1 aliphatic carbocycles. The number of hydrogen-bond donors (Lipinski definition) is 3. The first kappa shape index (κ1) is 12.7. The summed E-state index contributed by atoms with van der Waals surface area (Å²) in [7, 11) is 2.07. The van der Waals surface area contributed by atoms with E-state index in [-0.39, 0.29) is 5.91 Å². The van der Waals surface area contributed by atoms with Gasteiger partial charge in [0.05, 0.1) is 0 Å². The van der Waals surface area contributed by atoms with Crippen molar-refractivity contribution in [2.45, 2.75) is 18.9 Å². The lowest BCUT2D eigenvalue weighted by Crippen LogP contribution is -2.34. The molecule has 1 aliphatic rings. The highest BCUT2D eigenvalue weighted by molar-refractivity contribution is 5.92. The van der Waals surface area contributed by atoms with E-state index in [0.29, 0.717) is 24.1 Å². The first-order valence-corrected chi connectivity index (χ1v) is 5.99. The number of amides is 1. The van der Waals surface area contributed by atoms with E-state index in [1.54, 1.807) is 12.1 Å². The quantitative estimate of drug-likeness (QED) is 0.469. The van der Waals surface area contributed by atoms with Crippen molar-refractivity contribution < 1.29 is 4.79 Å². The van der Waals surface area contributed by atoms with Crippen molar-refractivity contribution in [2.75, 3.05) is 25.6 Å². The Kier molecular flexibility index (Phi) is 4.06. The lowest BCUT2D eigenvalue weighted by Gasteiger charge is -2.15. The molecule has 0 aromatic carbocycles. The minimum Gasteiger partial charge on any atom is -0.349 e. The predicted molar refractivity (Wildman–Crippen MR) is 67.8 cm³/mol. The number of carbonyl (C=O) groups excluding carboxylic acids is 1. The molecule has 0 bridgehead atoms. The molecule has 1 amide bonds. The minimum atomic E-state index is -0.213. The average molecular weight is 250 g/mol. The normalized spacial score (nSPS) is 14.6. The third-order valence-electron chi connectivity index (χ3n) is 2.97. The van der Waals surface area contributed by atoms with Crippen molar-refractivity contribution in [3.63, 3.8) is 0 Å². The van der Waals surface area contributed by atoms with Gasteiger partial charge in [0.25, 0.3) is 5.91 Å². The first-order chi connectivity index (χ1) is 8.70. The molecular formula is C11H18N6O. The van der Waals surface area contributed by atoms with Crippen LogP contribution in [0.3, 0.4) is 0 Å². The fourth-order valence-corrected chi connectivity index (χ4v) is 1.66. The van der Waals surface area contributed by atoms with Crippen LogP contribution < -0.4 is 16.6 Å². The number of aromatic nitrogens is 2. The second kappa shape index (κ2) is 5.74. The molecule has 0 atom stereocenters. The van der Waals surface area contributed by atoms with Crippen LogP contribution in [0, 0.1) is 0 Å². The number of nitrogens with zero attached hydrogens (tertiary/aromatic N) is 3. The highest BCUT2D eigenvalue weighted by Gasteiger charge is 2.25. The van der Waals surface area contributed by atoms with Gasteiger partial charge < -0.3 is 15.6 Å². The molecule has 0 unspecified atom stereocenters. The van der Waals surface area contributed by atoms with Gasteiger partial charge in [0, 0.05) is 19.1 Å². The maximum atomic E-state index is 11.7. The Labute approximate surface area is 106 Å². The molecule has 1 fully saturated rings. The fourth-order valence-electron chi connectivity index (χ4n) is 1.66. The van der Waals surface area contributed by atoms with Crippen molar-refractivity contribution in [3.8, 4) is 0 Å². The van der Waals surface area contributed by atoms with Gasteiger partial charge in [0.1, 0.15) is 0 Å². The van der Waals surface area contributed by atoms with Gasteiger partial charge in [-0.25, -0.2) is 5.84 Å². The van der Waals surface area contributed by atoms with Crippen LogP contribution in [-0.2, 0) is 0 Å². The summed E-state index contributed by atoms with van der Waals surface area (Å²) in [5.74, 6) is 5.38. The maximum Gasteiger partial charge on any atom is 0.271 e. The van der Waals surface area contributed by atoms with Crippen molar-refractivity contribution >= 4 is 11.7 Å². The van der Waals surface area contributed by atoms with Crippen LogP contribution in [0.4, 0.5) is 5.82 Å². The largest absolute Gasteiger partial charge is 0.349 e. The maximum absolute atomic E-state index is 11.7. The Balaban J connectivity index is 1.75. The number of hydrogen-bond acceptors (Lipinski definition) is 6. The van der Waals surface area contributed by atoms with Crippen LogP contribution in [0.25, 0.3) is 0 Å². The first-order valence-electron chi connectivity index (χ1n) is 5.99. The van der Waals surface area contributed by atoms with E-state index in [4.69, 9.17) is 5.84 Å². The van der Waals surface area contributed by atoms with Crippen LogP contribution in [0.2, 0.25) is 0 Å². The molecule has 2 rings (SSSR count). The summed E-state index contributed by atoms with van der Waals surface area (Å²) >= 11 is 0. The van der Waals surface area contributed by atoms with Crippen LogP contribution >= 0.6 is 0 Å². The molecule has 7 heteroatoms. The smallest absolute Gasteiger partial charge is 0.271 e. The Morgan fingerprint density at radius 3 is 2.83 bits per heavy atom. The van der Waals surface area contributed by atoms with Gasteiger partial charge >= 0.3 is 0 Å². The SMILES string of the molecule is CN(CCNC(=O)c1ccc(NN)nn1)C1CC1. The third-order valence-corrected chi connectivity index (χ3v) is 2.97. The van der Waals surface area contributed by atoms with Gasteiger partial charge in [-0.2, -0.15) is 0 Å². The lowest BCUT2D eigenvalue weighted by molar-refractivity contribution is 0.0943. The van der Waals surface area contributed by atoms with Crippen LogP contribution in [0.15, 0.2) is 12.1 Å². The summed E-state index contributed by atoms with van der Waals surface area (Å²) < 4.78 is 0. The summed E-state index contributed by atoms with van der Waals surface area (Å²) in [4.78, 5) is 14.0. The number of anilines is 1. The Morgan fingerprint density at radius 1 is 1.50 bits per heavy atom. The highest BCUT2D eigenvalue weighted by Crippen LogP contribution is 2.24. The topological polar surface area (TPSA) is 96.2 Å². The Morgan fingerprint density at radius 2 is 2.28 bits per heavy atom. The number of hydrazine groups is 1. The number of nitrogens with two attached hydrogens (primary N) is 1. The predicted octanol–water partition coefficient (Wildman–Crippen LogP) is -0.414. The molecule has 1 aromatic rings. The standard InChI is InChI=1S/C11H18N6O/c1-17(8-2-3-8)7-6-13-11(18)9-4-5-10(14-12)16-15-9/h4-5,8H,2-3,6-7,12H2,1H3,(H,13,18)(H,14,16). The molecule has 0 spiro atoms. The van der Waals surface area contributed by atoms with E-state index in [9.17, 15) is 4.79 Å². The number of rotatable bonds is 6. The lowest BCUT2D eigenvalue weighted by atomic mass is 10.3. The molecule has 0 saturated heterocycles. The molecule has 4 N–H and O–H groups in total. The van der Waals surface area contributed by atoms with Crippen molar-refractivity contribution in [2.24, 2.45) is 5.84 Å². The summed E-state index contributed by atoms with van der Waals surface area (Å²) in [6.07, 6.45) is 2.53. The van der Waals surface area contributed by atoms with Crippen molar-refractivity contribution in [1.29, 1.82) is 0 Å². The molecule has 1 aromatic heterocycles. The zero-order valence-electron chi connectivity index (χ0n) is 10.4. The van der Waals surface area contributed by atoms with E-state index in [1.807, 2.05) is 0 Å². The van der Waals surface area contributed by atoms with Crippen molar-refractivity contribution in [3.05, 3.63) is 17.8 Å². The molecule has 1 heterocycles. The molecular weight excluding hydrogens is 232 g/mol. The van der Waals surface area contributed by atoms with Crippen LogP contribution in [0.5, 0.6) is 0 Å². The fraction of sp³-hybridized carbons (Fsp3) is 0.545. The molecule has 18 heavy (non-hydrogen) atoms. The Bertz CT molecular complexity index is 402. The Hall–Kier alpha value is -1.73. The highest BCUT2D eigenvalue weighted by atomic mass is 16.1. The molecule has 98 valence electrons. The van der Waals surface area contributed by atoms with E-state index in [1.165, 1.54) is 12.8 Å². The van der Waals surface area contributed by atoms with Gasteiger partial charge in [-0.15, -0.1) is 10.2 Å². The minimum absolute atomic E-state index is 0.213. The van der Waals surface area contributed by atoms with E-state index in [2.05, 4.69) is 32.9 Å². The van der Waals surface area contributed by atoms with Gasteiger partial charge in [0.2, 0.25) is 0 Å². The van der Waals surface area contributed by atoms with E-state index in [0.717, 1.165) is 6.54 Å². The van der Waals surface area contributed by atoms with Gasteiger partial charge in [0.15, 0.2) is 11.5 Å². The van der Waals surface area contributed by atoms with Gasteiger partial charge in [-0.3, -0.25) is 4.79 Å². The monoisotopic (exact) mass is 250 g/mol. The average Bonchev–Trinajstić information content (AvgIpc) is 3.23.